The molecular weight excluding hydrogens is 222 g/mol. The maximum absolute atomic E-state index is 5.99. The minimum Gasteiger partial charge on any atom is -0.382 e. The molecule has 0 bridgehead atoms. The van der Waals surface area contributed by atoms with Gasteiger partial charge in [-0.2, -0.15) is 5.10 Å². The van der Waals surface area contributed by atoms with Crippen molar-refractivity contribution >= 4 is 5.82 Å². The summed E-state index contributed by atoms with van der Waals surface area (Å²) in [6, 6.07) is 8.41. The average molecular weight is 243 g/mol. The van der Waals surface area contributed by atoms with Crippen molar-refractivity contribution in [1.29, 1.82) is 0 Å². The third-order valence-corrected chi connectivity index (χ3v) is 3.21. The first-order valence-corrected chi connectivity index (χ1v) is 6.62. The Hall–Kier alpha value is -1.77. The van der Waals surface area contributed by atoms with Gasteiger partial charge < -0.3 is 5.73 Å². The van der Waals surface area contributed by atoms with Crippen LogP contribution < -0.4 is 5.73 Å². The van der Waals surface area contributed by atoms with E-state index in [0.717, 1.165) is 23.2 Å². The number of rotatable bonds is 5. The summed E-state index contributed by atoms with van der Waals surface area (Å²) in [6.07, 6.45) is 4.66. The lowest BCUT2D eigenvalue weighted by Crippen LogP contribution is -1.92. The number of H-pyrrole nitrogens is 1. The summed E-state index contributed by atoms with van der Waals surface area (Å²) in [7, 11) is 0. The Morgan fingerprint density at radius 3 is 2.83 bits per heavy atom. The number of hydrogen-bond acceptors (Lipinski definition) is 2. The van der Waals surface area contributed by atoms with Gasteiger partial charge in [0.2, 0.25) is 0 Å². The zero-order chi connectivity index (χ0) is 13.0. The van der Waals surface area contributed by atoms with Crippen LogP contribution >= 0.6 is 0 Å². The Bertz CT molecular complexity index is 514. The fourth-order valence-electron chi connectivity index (χ4n) is 2.25. The molecule has 3 N–H and O–H groups in total. The number of nitrogen functional groups attached to an aromatic ring is 1. The Morgan fingerprint density at radius 2 is 2.11 bits per heavy atom. The van der Waals surface area contributed by atoms with Crippen molar-refractivity contribution in [1.82, 2.24) is 10.2 Å². The molecular formula is C15H21N3. The first kappa shape index (κ1) is 12.7. The van der Waals surface area contributed by atoms with Gasteiger partial charge in [-0.3, -0.25) is 5.10 Å². The maximum atomic E-state index is 5.99. The largest absolute Gasteiger partial charge is 0.382 e. The van der Waals surface area contributed by atoms with Crippen LogP contribution in [0.25, 0.3) is 11.1 Å². The summed E-state index contributed by atoms with van der Waals surface area (Å²) in [5, 5.41) is 7.23. The van der Waals surface area contributed by atoms with E-state index in [1.807, 2.05) is 0 Å². The third kappa shape index (κ3) is 2.73. The van der Waals surface area contributed by atoms with Crippen LogP contribution in [0.15, 0.2) is 24.3 Å². The van der Waals surface area contributed by atoms with Crippen molar-refractivity contribution in [3.05, 3.63) is 35.5 Å². The van der Waals surface area contributed by atoms with Crippen molar-refractivity contribution < 1.29 is 0 Å². The number of nitrogens with two attached hydrogens (primary N) is 1. The highest BCUT2D eigenvalue weighted by Crippen LogP contribution is 2.29. The molecule has 0 saturated carbocycles. The Balaban J connectivity index is 2.29. The molecule has 0 unspecified atom stereocenters. The van der Waals surface area contributed by atoms with Crippen molar-refractivity contribution in [2.24, 2.45) is 0 Å². The van der Waals surface area contributed by atoms with Gasteiger partial charge in [0, 0.05) is 11.3 Å². The molecule has 0 fully saturated rings. The quantitative estimate of drug-likeness (QED) is 0.787. The Kier molecular flexibility index (Phi) is 4.03. The molecule has 0 spiro atoms. The number of aromatic nitrogens is 2. The molecule has 0 aliphatic rings. The van der Waals surface area contributed by atoms with Gasteiger partial charge in [0.25, 0.3) is 0 Å². The highest BCUT2D eigenvalue weighted by atomic mass is 15.2. The molecule has 96 valence electrons. The second kappa shape index (κ2) is 5.71. The van der Waals surface area contributed by atoms with E-state index in [1.54, 1.807) is 0 Å². The van der Waals surface area contributed by atoms with Gasteiger partial charge in [-0.1, -0.05) is 49.6 Å². The van der Waals surface area contributed by atoms with Crippen LogP contribution in [-0.4, -0.2) is 10.2 Å². The van der Waals surface area contributed by atoms with Crippen LogP contribution in [0.4, 0.5) is 5.82 Å². The van der Waals surface area contributed by atoms with Crippen LogP contribution in [0.2, 0.25) is 0 Å². The summed E-state index contributed by atoms with van der Waals surface area (Å²) in [5.41, 5.74) is 10.6. The van der Waals surface area contributed by atoms with Gasteiger partial charge >= 0.3 is 0 Å². The van der Waals surface area contributed by atoms with Crippen molar-refractivity contribution in [2.45, 2.75) is 39.5 Å². The van der Waals surface area contributed by atoms with Gasteiger partial charge in [0.15, 0.2) is 5.82 Å². The molecule has 0 aliphatic heterocycles. The number of nitrogens with zero attached hydrogens (tertiary/aromatic N) is 1. The van der Waals surface area contributed by atoms with Crippen LogP contribution in [0.1, 0.15) is 37.4 Å². The lowest BCUT2D eigenvalue weighted by atomic mass is 10.0. The molecule has 18 heavy (non-hydrogen) atoms. The monoisotopic (exact) mass is 243 g/mol. The fourth-order valence-corrected chi connectivity index (χ4v) is 2.25. The molecule has 0 saturated heterocycles. The molecule has 2 rings (SSSR count). The molecule has 1 aromatic heterocycles. The van der Waals surface area contributed by atoms with Gasteiger partial charge in [-0.15, -0.1) is 0 Å². The van der Waals surface area contributed by atoms with E-state index in [9.17, 15) is 0 Å². The molecule has 0 aliphatic carbocycles. The van der Waals surface area contributed by atoms with E-state index in [0.29, 0.717) is 5.82 Å². The molecule has 1 heterocycles. The van der Waals surface area contributed by atoms with Crippen molar-refractivity contribution in [3.63, 3.8) is 0 Å². The Labute approximate surface area is 108 Å². The van der Waals surface area contributed by atoms with Crippen molar-refractivity contribution in [3.8, 4) is 11.1 Å². The Morgan fingerprint density at radius 1 is 1.28 bits per heavy atom. The van der Waals surface area contributed by atoms with Crippen LogP contribution in [0, 0.1) is 6.92 Å². The number of anilines is 1. The van der Waals surface area contributed by atoms with E-state index in [4.69, 9.17) is 5.73 Å². The minimum absolute atomic E-state index is 0.604. The van der Waals surface area contributed by atoms with Crippen LogP contribution in [0.5, 0.6) is 0 Å². The normalized spacial score (nSPS) is 10.8. The molecule has 3 nitrogen and oxygen atoms in total. The van der Waals surface area contributed by atoms with Crippen LogP contribution in [0.3, 0.4) is 0 Å². The number of hydrogen-bond donors (Lipinski definition) is 2. The number of benzene rings is 1. The van der Waals surface area contributed by atoms with E-state index >= 15 is 0 Å². The molecule has 1 aromatic carbocycles. The maximum Gasteiger partial charge on any atom is 0.153 e. The minimum atomic E-state index is 0.604. The molecule has 0 amide bonds. The van der Waals surface area contributed by atoms with Gasteiger partial charge in [-0.25, -0.2) is 0 Å². The lowest BCUT2D eigenvalue weighted by Gasteiger charge is -2.05. The van der Waals surface area contributed by atoms with E-state index in [-0.39, 0.29) is 0 Å². The predicted octanol–water partition coefficient (Wildman–Crippen LogP) is 3.70. The molecule has 3 heteroatoms. The smallest absolute Gasteiger partial charge is 0.153 e. The SMILES string of the molecule is CCCCCc1[nH]nc(N)c1-c1cccc(C)c1. The second-order valence-electron chi connectivity index (χ2n) is 4.79. The van der Waals surface area contributed by atoms with E-state index < -0.39 is 0 Å². The summed E-state index contributed by atoms with van der Waals surface area (Å²) in [4.78, 5) is 0. The molecule has 2 aromatic rings. The second-order valence-corrected chi connectivity index (χ2v) is 4.79. The summed E-state index contributed by atoms with van der Waals surface area (Å²) in [6.45, 7) is 4.30. The highest BCUT2D eigenvalue weighted by molar-refractivity contribution is 5.76. The number of nitrogens with one attached hydrogen (secondary N) is 1. The number of aromatic amines is 1. The third-order valence-electron chi connectivity index (χ3n) is 3.21. The average Bonchev–Trinajstić information content (AvgIpc) is 2.71. The van der Waals surface area contributed by atoms with Crippen molar-refractivity contribution in [2.75, 3.05) is 5.73 Å². The summed E-state index contributed by atoms with van der Waals surface area (Å²) in [5.74, 6) is 0.604. The zero-order valence-electron chi connectivity index (χ0n) is 11.2. The van der Waals surface area contributed by atoms with Gasteiger partial charge in [0.1, 0.15) is 0 Å². The van der Waals surface area contributed by atoms with Gasteiger partial charge in [0.05, 0.1) is 0 Å². The summed E-state index contributed by atoms with van der Waals surface area (Å²) < 4.78 is 0. The number of unbranched alkanes of at least 4 members (excludes halogenated alkanes) is 2. The standard InChI is InChI=1S/C15H21N3/c1-3-4-5-9-13-14(15(16)18-17-13)12-8-6-7-11(2)10-12/h6-8,10H,3-5,9H2,1-2H3,(H3,16,17,18). The first-order valence-electron chi connectivity index (χ1n) is 6.62. The van der Waals surface area contributed by atoms with E-state index in [2.05, 4.69) is 48.3 Å². The predicted molar refractivity (Wildman–Crippen MR) is 76.4 cm³/mol. The summed E-state index contributed by atoms with van der Waals surface area (Å²) >= 11 is 0. The fraction of sp³-hybridized carbons (Fsp3) is 0.400. The lowest BCUT2D eigenvalue weighted by molar-refractivity contribution is 0.706. The van der Waals surface area contributed by atoms with Crippen LogP contribution in [-0.2, 0) is 6.42 Å². The number of aryl methyl sites for hydroxylation is 2. The first-order chi connectivity index (χ1) is 8.72. The highest BCUT2D eigenvalue weighted by Gasteiger charge is 2.12. The molecule has 0 radical (unpaired) electrons. The topological polar surface area (TPSA) is 54.7 Å². The van der Waals surface area contributed by atoms with E-state index in [1.165, 1.54) is 24.8 Å². The molecule has 0 atom stereocenters. The zero-order valence-corrected chi connectivity index (χ0v) is 11.2. The van der Waals surface area contributed by atoms with Gasteiger partial charge in [-0.05, 0) is 25.3 Å².